The van der Waals surface area contributed by atoms with Crippen LogP contribution >= 0.6 is 11.6 Å². The van der Waals surface area contributed by atoms with Gasteiger partial charge in [-0.2, -0.15) is 13.2 Å². The van der Waals surface area contributed by atoms with E-state index >= 15 is 0 Å². The summed E-state index contributed by atoms with van der Waals surface area (Å²) in [5.41, 5.74) is 0.0221. The standard InChI is InChI=1S/C18H19ClF3N3O/c19-15-3-1-2-13(10-15)16(26)12-24-6-8-25(9-7-24)17-5-4-14(11-23-17)18(20,21)22/h1-5,10-11,16,26H,6-9,12H2/t16-/m0/s1. The second kappa shape index (κ2) is 7.82. The molecule has 26 heavy (non-hydrogen) atoms. The maximum Gasteiger partial charge on any atom is 0.417 e. The lowest BCUT2D eigenvalue weighted by molar-refractivity contribution is -0.137. The number of benzene rings is 1. The minimum absolute atomic E-state index is 0.481. The van der Waals surface area contributed by atoms with E-state index in [4.69, 9.17) is 11.6 Å². The van der Waals surface area contributed by atoms with Crippen LogP contribution in [0, 0.1) is 0 Å². The van der Waals surface area contributed by atoms with E-state index in [1.807, 2.05) is 11.0 Å². The van der Waals surface area contributed by atoms with Gasteiger partial charge >= 0.3 is 6.18 Å². The lowest BCUT2D eigenvalue weighted by atomic mass is 10.1. The van der Waals surface area contributed by atoms with Gasteiger partial charge in [-0.25, -0.2) is 4.98 Å². The third kappa shape index (κ3) is 4.66. The second-order valence-electron chi connectivity index (χ2n) is 6.26. The Morgan fingerprint density at radius 1 is 1.12 bits per heavy atom. The van der Waals surface area contributed by atoms with Crippen molar-refractivity contribution in [1.82, 2.24) is 9.88 Å². The van der Waals surface area contributed by atoms with Gasteiger partial charge in [-0.3, -0.25) is 4.90 Å². The fraction of sp³-hybridized carbons (Fsp3) is 0.389. The average Bonchev–Trinajstić information content (AvgIpc) is 2.62. The van der Waals surface area contributed by atoms with Crippen molar-refractivity contribution < 1.29 is 18.3 Å². The predicted octanol–water partition coefficient (Wildman–Crippen LogP) is 3.61. The number of aliphatic hydroxyl groups is 1. The first-order valence-electron chi connectivity index (χ1n) is 8.27. The molecule has 0 bridgehead atoms. The topological polar surface area (TPSA) is 39.6 Å². The van der Waals surface area contributed by atoms with Gasteiger partial charge in [0.25, 0.3) is 0 Å². The van der Waals surface area contributed by atoms with Crippen molar-refractivity contribution in [3.05, 3.63) is 58.7 Å². The molecule has 2 aromatic rings. The molecule has 1 aliphatic heterocycles. The summed E-state index contributed by atoms with van der Waals surface area (Å²) in [5, 5.41) is 10.9. The van der Waals surface area contributed by atoms with Crippen LogP contribution in [0.2, 0.25) is 5.02 Å². The summed E-state index contributed by atoms with van der Waals surface area (Å²) < 4.78 is 37.8. The molecule has 1 saturated heterocycles. The van der Waals surface area contributed by atoms with Crippen LogP contribution in [-0.4, -0.2) is 47.7 Å². The highest BCUT2D eigenvalue weighted by Crippen LogP contribution is 2.29. The zero-order valence-corrected chi connectivity index (χ0v) is 14.7. The molecule has 1 aliphatic rings. The molecule has 0 aliphatic carbocycles. The van der Waals surface area contributed by atoms with Gasteiger partial charge in [0.15, 0.2) is 0 Å². The van der Waals surface area contributed by atoms with Gasteiger partial charge in [-0.15, -0.1) is 0 Å². The Hall–Kier alpha value is -1.83. The van der Waals surface area contributed by atoms with E-state index < -0.39 is 17.8 Å². The van der Waals surface area contributed by atoms with E-state index in [1.54, 1.807) is 18.2 Å². The quantitative estimate of drug-likeness (QED) is 0.872. The summed E-state index contributed by atoms with van der Waals surface area (Å²) in [5.74, 6) is 0.535. The maximum atomic E-state index is 12.6. The molecule has 2 heterocycles. The number of hydrogen-bond donors (Lipinski definition) is 1. The number of piperazine rings is 1. The van der Waals surface area contributed by atoms with Crippen molar-refractivity contribution in [3.63, 3.8) is 0 Å². The lowest BCUT2D eigenvalue weighted by Gasteiger charge is -2.36. The molecule has 3 rings (SSSR count). The second-order valence-corrected chi connectivity index (χ2v) is 6.70. The van der Waals surface area contributed by atoms with Crippen molar-refractivity contribution in [2.24, 2.45) is 0 Å². The van der Waals surface area contributed by atoms with Gasteiger partial charge in [-0.05, 0) is 29.8 Å². The van der Waals surface area contributed by atoms with E-state index in [9.17, 15) is 18.3 Å². The van der Waals surface area contributed by atoms with Crippen LogP contribution in [0.1, 0.15) is 17.2 Å². The molecule has 0 spiro atoms. The number of hydrogen-bond acceptors (Lipinski definition) is 4. The van der Waals surface area contributed by atoms with E-state index in [2.05, 4.69) is 9.88 Å². The Labute approximate surface area is 154 Å². The van der Waals surface area contributed by atoms with Gasteiger partial charge in [0, 0.05) is 43.9 Å². The van der Waals surface area contributed by atoms with Crippen molar-refractivity contribution >= 4 is 17.4 Å². The monoisotopic (exact) mass is 385 g/mol. The van der Waals surface area contributed by atoms with Gasteiger partial charge in [0.05, 0.1) is 11.7 Å². The summed E-state index contributed by atoms with van der Waals surface area (Å²) in [4.78, 5) is 8.00. The number of pyridine rings is 1. The Bertz CT molecular complexity index is 731. The fourth-order valence-corrected chi connectivity index (χ4v) is 3.16. The molecule has 0 unspecified atom stereocenters. The third-order valence-electron chi connectivity index (χ3n) is 4.44. The number of alkyl halides is 3. The molecule has 4 nitrogen and oxygen atoms in total. The summed E-state index contributed by atoms with van der Waals surface area (Å²) in [7, 11) is 0. The third-order valence-corrected chi connectivity index (χ3v) is 4.67. The van der Waals surface area contributed by atoms with Crippen LogP contribution in [0.5, 0.6) is 0 Å². The lowest BCUT2D eigenvalue weighted by Crippen LogP contribution is -2.47. The van der Waals surface area contributed by atoms with Crippen molar-refractivity contribution in [3.8, 4) is 0 Å². The van der Waals surface area contributed by atoms with E-state index in [0.717, 1.165) is 17.8 Å². The average molecular weight is 386 g/mol. The van der Waals surface area contributed by atoms with Gasteiger partial charge in [0.1, 0.15) is 5.82 Å². The van der Waals surface area contributed by atoms with Gasteiger partial charge in [-0.1, -0.05) is 23.7 Å². The molecule has 0 radical (unpaired) electrons. The molecule has 140 valence electrons. The van der Waals surface area contributed by atoms with E-state index in [-0.39, 0.29) is 0 Å². The number of aliphatic hydroxyl groups excluding tert-OH is 1. The zero-order valence-electron chi connectivity index (χ0n) is 14.0. The number of rotatable bonds is 4. The van der Waals surface area contributed by atoms with Crippen LogP contribution in [0.4, 0.5) is 19.0 Å². The summed E-state index contributed by atoms with van der Waals surface area (Å²) >= 11 is 5.95. The zero-order chi connectivity index (χ0) is 18.7. The predicted molar refractivity (Wildman–Crippen MR) is 94.3 cm³/mol. The largest absolute Gasteiger partial charge is 0.417 e. The molecular weight excluding hydrogens is 367 g/mol. The minimum Gasteiger partial charge on any atom is -0.387 e. The molecule has 8 heteroatoms. The van der Waals surface area contributed by atoms with Crippen LogP contribution in [0.3, 0.4) is 0 Å². The van der Waals surface area contributed by atoms with Crippen LogP contribution in [0.25, 0.3) is 0 Å². The molecule has 1 N–H and O–H groups in total. The Balaban J connectivity index is 1.54. The first-order valence-corrected chi connectivity index (χ1v) is 8.65. The van der Waals surface area contributed by atoms with E-state index in [1.165, 1.54) is 6.07 Å². The summed E-state index contributed by atoms with van der Waals surface area (Å²) in [6, 6.07) is 9.59. The fourth-order valence-electron chi connectivity index (χ4n) is 2.96. The number of halogens is 4. The Morgan fingerprint density at radius 3 is 2.42 bits per heavy atom. The number of nitrogens with zero attached hydrogens (tertiary/aromatic N) is 3. The van der Waals surface area contributed by atoms with Crippen molar-refractivity contribution in [2.45, 2.75) is 12.3 Å². The molecule has 1 aromatic carbocycles. The maximum absolute atomic E-state index is 12.6. The van der Waals surface area contributed by atoms with Crippen LogP contribution in [-0.2, 0) is 6.18 Å². The smallest absolute Gasteiger partial charge is 0.387 e. The van der Waals surface area contributed by atoms with Crippen molar-refractivity contribution in [2.75, 3.05) is 37.6 Å². The molecule has 0 amide bonds. The first-order chi connectivity index (χ1) is 12.3. The molecule has 1 atom stereocenters. The van der Waals surface area contributed by atoms with Gasteiger partial charge in [0.2, 0.25) is 0 Å². The summed E-state index contributed by atoms with van der Waals surface area (Å²) in [6.07, 6.45) is -4.14. The van der Waals surface area contributed by atoms with Gasteiger partial charge < -0.3 is 10.0 Å². The molecular formula is C18H19ClF3N3O. The number of β-amino-alcohol motifs (C(OH)–C–C–N with tert-alkyl or cyclic N) is 1. The molecule has 1 aromatic heterocycles. The first kappa shape index (κ1) is 18.9. The summed E-state index contributed by atoms with van der Waals surface area (Å²) in [6.45, 7) is 3.15. The SMILES string of the molecule is O[C@@H](CN1CCN(c2ccc(C(F)(F)F)cn2)CC1)c1cccc(Cl)c1. The Kier molecular flexibility index (Phi) is 5.70. The molecule has 1 fully saturated rings. The van der Waals surface area contributed by atoms with Crippen LogP contribution < -0.4 is 4.90 Å². The highest BCUT2D eigenvalue weighted by atomic mass is 35.5. The normalized spacial score (nSPS) is 17.3. The number of aromatic nitrogens is 1. The molecule has 0 saturated carbocycles. The number of anilines is 1. The van der Waals surface area contributed by atoms with Crippen LogP contribution in [0.15, 0.2) is 42.6 Å². The minimum atomic E-state index is -4.37. The Morgan fingerprint density at radius 2 is 1.85 bits per heavy atom. The highest BCUT2D eigenvalue weighted by molar-refractivity contribution is 6.30. The van der Waals surface area contributed by atoms with Crippen molar-refractivity contribution in [1.29, 1.82) is 0 Å². The van der Waals surface area contributed by atoms with E-state index in [0.29, 0.717) is 43.6 Å². The highest BCUT2D eigenvalue weighted by Gasteiger charge is 2.31.